The maximum atomic E-state index is 12.9. The van der Waals surface area contributed by atoms with Crippen LogP contribution in [-0.2, 0) is 31.2 Å². The molecule has 0 bridgehead atoms. The first-order chi connectivity index (χ1) is 11.7. The van der Waals surface area contributed by atoms with Crippen LogP contribution in [0.5, 0.6) is 0 Å². The van der Waals surface area contributed by atoms with Gasteiger partial charge in [-0.25, -0.2) is 8.42 Å². The molecule has 1 aliphatic heterocycles. The SMILES string of the molecule is CC(C)(C(=O)Cc1cc(C2(CO)CC2)no1)S(=O)(=O)C1CCOCC1. The summed E-state index contributed by atoms with van der Waals surface area (Å²) in [5.41, 5.74) is 0.303. The molecular weight excluding hydrogens is 346 g/mol. The van der Waals surface area contributed by atoms with Gasteiger partial charge in [-0.15, -0.1) is 0 Å². The topological polar surface area (TPSA) is 107 Å². The van der Waals surface area contributed by atoms with Crippen molar-refractivity contribution < 1.29 is 27.6 Å². The zero-order valence-electron chi connectivity index (χ0n) is 14.7. The highest BCUT2D eigenvalue weighted by molar-refractivity contribution is 7.94. The Balaban J connectivity index is 1.73. The number of aliphatic hydroxyl groups is 1. The molecule has 1 aromatic rings. The third-order valence-electron chi connectivity index (χ3n) is 5.58. The van der Waals surface area contributed by atoms with Gasteiger partial charge < -0.3 is 14.4 Å². The van der Waals surface area contributed by atoms with E-state index in [0.29, 0.717) is 37.5 Å². The summed E-state index contributed by atoms with van der Waals surface area (Å²) < 4.78 is 34.8. The lowest BCUT2D eigenvalue weighted by molar-refractivity contribution is -0.120. The molecule has 0 atom stereocenters. The monoisotopic (exact) mass is 371 g/mol. The van der Waals surface area contributed by atoms with Gasteiger partial charge in [-0.05, 0) is 39.5 Å². The molecule has 140 valence electrons. The van der Waals surface area contributed by atoms with Crippen LogP contribution in [0.15, 0.2) is 10.6 Å². The van der Waals surface area contributed by atoms with E-state index in [2.05, 4.69) is 5.16 Å². The number of hydrogen-bond acceptors (Lipinski definition) is 7. The third kappa shape index (κ3) is 3.27. The van der Waals surface area contributed by atoms with Crippen molar-refractivity contribution >= 4 is 15.6 Å². The van der Waals surface area contributed by atoms with Gasteiger partial charge in [0.15, 0.2) is 15.6 Å². The Morgan fingerprint density at radius 1 is 1.36 bits per heavy atom. The molecule has 1 saturated heterocycles. The zero-order chi connectivity index (χ0) is 18.3. The Bertz CT molecular complexity index is 741. The second kappa shape index (κ2) is 6.48. The summed E-state index contributed by atoms with van der Waals surface area (Å²) in [5.74, 6) is -0.0643. The molecule has 0 unspecified atom stereocenters. The molecule has 3 rings (SSSR count). The lowest BCUT2D eigenvalue weighted by atomic mass is 10.0. The number of rotatable bonds is 7. The normalized spacial score (nSPS) is 21.2. The molecule has 1 aliphatic carbocycles. The van der Waals surface area contributed by atoms with Gasteiger partial charge in [0.05, 0.1) is 24.0 Å². The number of hydrogen-bond donors (Lipinski definition) is 1. The number of carbonyl (C=O) groups is 1. The molecule has 1 saturated carbocycles. The van der Waals surface area contributed by atoms with Gasteiger partial charge in [0.25, 0.3) is 0 Å². The first-order valence-corrected chi connectivity index (χ1v) is 10.2. The summed E-state index contributed by atoms with van der Waals surface area (Å²) in [4.78, 5) is 12.7. The van der Waals surface area contributed by atoms with Gasteiger partial charge in [0.1, 0.15) is 10.5 Å². The van der Waals surface area contributed by atoms with Crippen molar-refractivity contribution in [3.05, 3.63) is 17.5 Å². The number of carbonyl (C=O) groups excluding carboxylic acids is 1. The minimum absolute atomic E-state index is 0.00343. The third-order valence-corrected chi connectivity index (χ3v) is 8.58. The molecule has 1 N–H and O–H groups in total. The minimum Gasteiger partial charge on any atom is -0.395 e. The van der Waals surface area contributed by atoms with E-state index in [4.69, 9.17) is 9.26 Å². The molecule has 2 fully saturated rings. The van der Waals surface area contributed by atoms with Crippen LogP contribution in [-0.4, -0.2) is 54.3 Å². The number of ether oxygens (including phenoxy) is 1. The van der Waals surface area contributed by atoms with Crippen LogP contribution in [0.2, 0.25) is 0 Å². The number of nitrogens with zero attached hydrogens (tertiary/aromatic N) is 1. The number of sulfone groups is 1. The van der Waals surface area contributed by atoms with E-state index in [9.17, 15) is 18.3 Å². The number of aliphatic hydroxyl groups excluding tert-OH is 1. The van der Waals surface area contributed by atoms with Crippen LogP contribution in [0.1, 0.15) is 51.0 Å². The minimum atomic E-state index is -3.63. The van der Waals surface area contributed by atoms with Crippen molar-refractivity contribution in [1.29, 1.82) is 0 Å². The van der Waals surface area contributed by atoms with Crippen LogP contribution in [0.4, 0.5) is 0 Å². The van der Waals surface area contributed by atoms with E-state index in [1.807, 2.05) is 0 Å². The van der Waals surface area contributed by atoms with E-state index in [-0.39, 0.29) is 18.4 Å². The maximum absolute atomic E-state index is 12.9. The van der Waals surface area contributed by atoms with Crippen LogP contribution >= 0.6 is 0 Å². The van der Waals surface area contributed by atoms with Crippen molar-refractivity contribution in [2.45, 2.75) is 61.4 Å². The highest BCUT2D eigenvalue weighted by Gasteiger charge is 2.48. The number of Topliss-reactive ketones (excluding diaryl/α,β-unsaturated/α-hetero) is 1. The van der Waals surface area contributed by atoms with Crippen LogP contribution in [0.3, 0.4) is 0 Å². The summed E-state index contributed by atoms with van der Waals surface area (Å²) in [6.07, 6.45) is 2.40. The standard InChI is InChI=1S/C17H25NO6S/c1-16(2,25(21,22)13-3-7-23-8-4-13)15(20)10-12-9-14(18-24-12)17(11-19)5-6-17/h9,13,19H,3-8,10-11H2,1-2H3. The predicted octanol–water partition coefficient (Wildman–Crippen LogP) is 1.18. The summed E-state index contributed by atoms with van der Waals surface area (Å²) in [5, 5.41) is 12.9. The molecule has 1 aromatic heterocycles. The Morgan fingerprint density at radius 3 is 2.56 bits per heavy atom. The van der Waals surface area contributed by atoms with E-state index in [1.54, 1.807) is 6.07 Å². The van der Waals surface area contributed by atoms with Gasteiger partial charge in [-0.1, -0.05) is 5.16 Å². The fraction of sp³-hybridized carbons (Fsp3) is 0.765. The Labute approximate surface area is 147 Å². The fourth-order valence-electron chi connectivity index (χ4n) is 3.23. The Kier molecular flexibility index (Phi) is 4.81. The average Bonchev–Trinajstić information content (AvgIpc) is 3.27. The Morgan fingerprint density at radius 2 is 2.00 bits per heavy atom. The first-order valence-electron chi connectivity index (χ1n) is 8.64. The Hall–Kier alpha value is -1.25. The van der Waals surface area contributed by atoms with Gasteiger partial charge in [-0.3, -0.25) is 4.79 Å². The van der Waals surface area contributed by atoms with E-state index in [0.717, 1.165) is 12.8 Å². The number of aromatic nitrogens is 1. The molecule has 0 spiro atoms. The highest BCUT2D eigenvalue weighted by atomic mass is 32.2. The molecule has 2 heterocycles. The molecule has 0 aromatic carbocycles. The summed E-state index contributed by atoms with van der Waals surface area (Å²) in [6, 6.07) is 1.66. The largest absolute Gasteiger partial charge is 0.395 e. The van der Waals surface area contributed by atoms with E-state index >= 15 is 0 Å². The highest BCUT2D eigenvalue weighted by Crippen LogP contribution is 2.47. The molecule has 7 nitrogen and oxygen atoms in total. The summed E-state index contributed by atoms with van der Waals surface area (Å²) in [7, 11) is -3.63. The van der Waals surface area contributed by atoms with Crippen LogP contribution in [0, 0.1) is 0 Å². The van der Waals surface area contributed by atoms with Crippen LogP contribution < -0.4 is 0 Å². The van der Waals surface area contributed by atoms with Gasteiger partial charge >= 0.3 is 0 Å². The molecule has 0 radical (unpaired) electrons. The molecule has 25 heavy (non-hydrogen) atoms. The van der Waals surface area contributed by atoms with Crippen LogP contribution in [0.25, 0.3) is 0 Å². The second-order valence-electron chi connectivity index (χ2n) is 7.58. The first kappa shape index (κ1) is 18.5. The molecule has 8 heteroatoms. The summed E-state index contributed by atoms with van der Waals surface area (Å²) >= 11 is 0. The lowest BCUT2D eigenvalue weighted by Gasteiger charge is -2.30. The van der Waals surface area contributed by atoms with Gasteiger partial charge in [-0.2, -0.15) is 0 Å². The van der Waals surface area contributed by atoms with Crippen molar-refractivity contribution in [1.82, 2.24) is 5.16 Å². The summed E-state index contributed by atoms with van der Waals surface area (Å²) in [6.45, 7) is 3.74. The van der Waals surface area contributed by atoms with Gasteiger partial charge in [0, 0.05) is 24.7 Å². The molecule has 2 aliphatic rings. The number of ketones is 1. The average molecular weight is 371 g/mol. The second-order valence-corrected chi connectivity index (χ2v) is 10.4. The smallest absolute Gasteiger partial charge is 0.165 e. The zero-order valence-corrected chi connectivity index (χ0v) is 15.5. The van der Waals surface area contributed by atoms with Crippen molar-refractivity contribution in [3.63, 3.8) is 0 Å². The van der Waals surface area contributed by atoms with Crippen molar-refractivity contribution in [2.24, 2.45) is 0 Å². The molecule has 0 amide bonds. The fourth-order valence-corrected chi connectivity index (χ4v) is 5.26. The predicted molar refractivity (Wildman–Crippen MR) is 90.1 cm³/mol. The molecular formula is C17H25NO6S. The maximum Gasteiger partial charge on any atom is 0.165 e. The lowest BCUT2D eigenvalue weighted by Crippen LogP contribution is -2.48. The quantitative estimate of drug-likeness (QED) is 0.767. The van der Waals surface area contributed by atoms with E-state index < -0.39 is 25.6 Å². The van der Waals surface area contributed by atoms with Gasteiger partial charge in [0.2, 0.25) is 0 Å². The van der Waals surface area contributed by atoms with Crippen molar-refractivity contribution in [3.8, 4) is 0 Å². The van der Waals surface area contributed by atoms with Crippen molar-refractivity contribution in [2.75, 3.05) is 19.8 Å². The van der Waals surface area contributed by atoms with E-state index in [1.165, 1.54) is 13.8 Å².